The summed E-state index contributed by atoms with van der Waals surface area (Å²) in [4.78, 5) is 37.6. The van der Waals surface area contributed by atoms with Crippen LogP contribution in [0.4, 0.5) is 4.79 Å². The molecule has 0 aliphatic heterocycles. The highest BCUT2D eigenvalue weighted by molar-refractivity contribution is 5.85. The van der Waals surface area contributed by atoms with Crippen LogP contribution in [-0.4, -0.2) is 44.4 Å². The number of primary amides is 1. The van der Waals surface area contributed by atoms with Gasteiger partial charge in [-0.15, -0.1) is 0 Å². The van der Waals surface area contributed by atoms with Crippen LogP contribution >= 0.6 is 0 Å². The third kappa shape index (κ3) is 53.9. The first-order chi connectivity index (χ1) is 9.66. The fraction of sp³-hybridized carbons (Fsp3) is 0.231. The number of aliphatic carboxylic acids is 3. The molecule has 0 rings (SSSR count). The van der Waals surface area contributed by atoms with Crippen LogP contribution in [0.1, 0.15) is 20.8 Å². The summed E-state index contributed by atoms with van der Waals surface area (Å²) in [7, 11) is 0. The van der Waals surface area contributed by atoms with Gasteiger partial charge in [0, 0.05) is 16.7 Å². The fourth-order valence-electron chi connectivity index (χ4n) is 0. The zero-order valence-electron chi connectivity index (χ0n) is 12.6. The van der Waals surface area contributed by atoms with Gasteiger partial charge in [0.1, 0.15) is 0 Å². The summed E-state index contributed by atoms with van der Waals surface area (Å²) < 4.78 is 0. The van der Waals surface area contributed by atoms with Crippen molar-refractivity contribution in [2.75, 3.05) is 0 Å². The van der Waals surface area contributed by atoms with Crippen molar-refractivity contribution in [1.29, 1.82) is 0 Å². The first kappa shape index (κ1) is 27.3. The molecular formula is C13H21NO8. The highest BCUT2D eigenvalue weighted by Gasteiger charge is 1.91. The Kier molecular flexibility index (Phi) is 19.8. The lowest BCUT2D eigenvalue weighted by atomic mass is 10.4. The van der Waals surface area contributed by atoms with E-state index in [4.69, 9.17) is 25.2 Å². The minimum atomic E-state index is -1.33. The van der Waals surface area contributed by atoms with E-state index < -0.39 is 24.0 Å². The Morgan fingerprint density at radius 2 is 0.682 bits per heavy atom. The van der Waals surface area contributed by atoms with Gasteiger partial charge >= 0.3 is 24.0 Å². The summed E-state index contributed by atoms with van der Waals surface area (Å²) in [5, 5.41) is 30.9. The van der Waals surface area contributed by atoms with Crippen LogP contribution < -0.4 is 5.73 Å². The topological polar surface area (TPSA) is 175 Å². The van der Waals surface area contributed by atoms with E-state index in [-0.39, 0.29) is 16.7 Å². The van der Waals surface area contributed by atoms with Gasteiger partial charge in [-0.3, -0.25) is 0 Å². The largest absolute Gasteiger partial charge is 0.478 e. The van der Waals surface area contributed by atoms with Crippen LogP contribution in [-0.2, 0) is 14.4 Å². The lowest BCUT2D eigenvalue weighted by molar-refractivity contribution is -0.133. The maximum atomic E-state index is 9.60. The number of carbonyl (C=O) groups is 4. The van der Waals surface area contributed by atoms with Gasteiger partial charge in [0.2, 0.25) is 0 Å². The second kappa shape index (κ2) is 16.0. The standard InChI is InChI=1S/3C4H6O2.CH3NO2/c3*1-3(2)4(5)6;2-1(3)4/h3*1H2,2H3,(H,5,6);2H2,(H,3,4). The predicted octanol–water partition coefficient (Wildman–Crippen LogP) is 1.56. The van der Waals surface area contributed by atoms with Crippen molar-refractivity contribution in [3.05, 3.63) is 36.5 Å². The normalized spacial score (nSPS) is 7.23. The number of hydrogen-bond acceptors (Lipinski definition) is 4. The molecule has 0 aliphatic rings. The molecule has 0 aromatic rings. The maximum Gasteiger partial charge on any atom is 0.402 e. The van der Waals surface area contributed by atoms with E-state index in [0.29, 0.717) is 0 Å². The van der Waals surface area contributed by atoms with Gasteiger partial charge in [0.25, 0.3) is 0 Å². The van der Waals surface area contributed by atoms with Crippen molar-refractivity contribution in [3.63, 3.8) is 0 Å². The molecule has 0 aromatic carbocycles. The van der Waals surface area contributed by atoms with Gasteiger partial charge in [-0.25, -0.2) is 19.2 Å². The Morgan fingerprint density at radius 3 is 0.682 bits per heavy atom. The molecule has 0 spiro atoms. The fourth-order valence-corrected chi connectivity index (χ4v) is 0. The zero-order valence-corrected chi connectivity index (χ0v) is 12.6. The molecule has 0 aromatic heterocycles. The highest BCUT2D eigenvalue weighted by Crippen LogP contribution is 1.82. The van der Waals surface area contributed by atoms with E-state index in [9.17, 15) is 14.4 Å². The third-order valence-electron chi connectivity index (χ3n) is 1.10. The van der Waals surface area contributed by atoms with E-state index >= 15 is 0 Å². The number of rotatable bonds is 3. The second-order valence-electron chi connectivity index (χ2n) is 3.59. The van der Waals surface area contributed by atoms with Gasteiger partial charge in [-0.05, 0) is 20.8 Å². The summed E-state index contributed by atoms with van der Waals surface area (Å²) in [6.45, 7) is 13.8. The third-order valence-corrected chi connectivity index (χ3v) is 1.10. The Labute approximate surface area is 127 Å². The lowest BCUT2D eigenvalue weighted by Crippen LogP contribution is -2.03. The highest BCUT2D eigenvalue weighted by atomic mass is 16.4. The predicted molar refractivity (Wildman–Crippen MR) is 79.6 cm³/mol. The molecule has 6 N–H and O–H groups in total. The number of carboxylic acids is 3. The number of amides is 1. The van der Waals surface area contributed by atoms with Crippen LogP contribution in [0.5, 0.6) is 0 Å². The monoisotopic (exact) mass is 319 g/mol. The molecule has 0 heterocycles. The summed E-state index contributed by atoms with van der Waals surface area (Å²) in [6, 6.07) is 0. The molecule has 0 unspecified atom stereocenters. The molecule has 9 heteroatoms. The van der Waals surface area contributed by atoms with Gasteiger partial charge in [0.05, 0.1) is 0 Å². The van der Waals surface area contributed by atoms with Crippen molar-refractivity contribution < 1.29 is 39.6 Å². The van der Waals surface area contributed by atoms with Gasteiger partial charge in [0.15, 0.2) is 0 Å². The number of hydrogen-bond donors (Lipinski definition) is 5. The minimum Gasteiger partial charge on any atom is -0.478 e. The SMILES string of the molecule is C=C(C)C(=O)O.C=C(C)C(=O)O.C=C(C)C(=O)O.NC(=O)O. The van der Waals surface area contributed by atoms with Crippen molar-refractivity contribution in [2.45, 2.75) is 20.8 Å². The summed E-state index contributed by atoms with van der Waals surface area (Å²) >= 11 is 0. The number of carboxylic acid groups (broad SMARTS) is 4. The van der Waals surface area contributed by atoms with Crippen LogP contribution in [0, 0.1) is 0 Å². The maximum absolute atomic E-state index is 9.60. The van der Waals surface area contributed by atoms with E-state index in [0.717, 1.165) is 0 Å². The summed E-state index contributed by atoms with van der Waals surface area (Å²) in [5.74, 6) is -2.81. The minimum absolute atomic E-state index is 0.176. The van der Waals surface area contributed by atoms with E-state index in [1.807, 2.05) is 0 Å². The van der Waals surface area contributed by atoms with Crippen LogP contribution in [0.3, 0.4) is 0 Å². The van der Waals surface area contributed by atoms with Crippen molar-refractivity contribution in [3.8, 4) is 0 Å². The average Bonchev–Trinajstić information content (AvgIpc) is 2.29. The molecule has 0 saturated carbocycles. The quantitative estimate of drug-likeness (QED) is 0.487. The van der Waals surface area contributed by atoms with Crippen molar-refractivity contribution in [2.24, 2.45) is 5.73 Å². The summed E-state index contributed by atoms with van der Waals surface area (Å²) in [6.07, 6.45) is -1.33. The molecule has 1 amide bonds. The molecule has 9 nitrogen and oxygen atoms in total. The molecular weight excluding hydrogens is 298 g/mol. The van der Waals surface area contributed by atoms with Gasteiger partial charge in [-0.1, -0.05) is 19.7 Å². The lowest BCUT2D eigenvalue weighted by Gasteiger charge is -1.79. The molecule has 0 radical (unpaired) electrons. The van der Waals surface area contributed by atoms with E-state index in [1.54, 1.807) is 0 Å². The van der Waals surface area contributed by atoms with Crippen LogP contribution in [0.25, 0.3) is 0 Å². The van der Waals surface area contributed by atoms with Crippen LogP contribution in [0.2, 0.25) is 0 Å². The Balaban J connectivity index is -0.0000000994. The molecule has 22 heavy (non-hydrogen) atoms. The van der Waals surface area contributed by atoms with Crippen molar-refractivity contribution >= 4 is 24.0 Å². The molecule has 0 fully saturated rings. The van der Waals surface area contributed by atoms with Crippen molar-refractivity contribution in [1.82, 2.24) is 0 Å². The first-order valence-corrected chi connectivity index (χ1v) is 5.31. The average molecular weight is 319 g/mol. The Bertz CT molecular complexity index is 354. The molecule has 0 aliphatic carbocycles. The van der Waals surface area contributed by atoms with E-state index in [2.05, 4.69) is 25.5 Å². The van der Waals surface area contributed by atoms with Gasteiger partial charge < -0.3 is 26.2 Å². The van der Waals surface area contributed by atoms with E-state index in [1.165, 1.54) is 20.8 Å². The second-order valence-corrected chi connectivity index (χ2v) is 3.59. The Hall–Kier alpha value is -3.10. The van der Waals surface area contributed by atoms with Crippen LogP contribution in [0.15, 0.2) is 36.5 Å². The first-order valence-electron chi connectivity index (χ1n) is 5.31. The molecule has 0 saturated heterocycles. The zero-order chi connectivity index (χ0) is 19.0. The Morgan fingerprint density at radius 1 is 0.636 bits per heavy atom. The van der Waals surface area contributed by atoms with Gasteiger partial charge in [-0.2, -0.15) is 0 Å². The number of nitrogens with two attached hydrogens (primary N) is 1. The molecule has 0 bridgehead atoms. The summed E-state index contributed by atoms with van der Waals surface area (Å²) in [5.41, 5.74) is 4.56. The smallest absolute Gasteiger partial charge is 0.402 e. The molecule has 126 valence electrons. The molecule has 0 atom stereocenters.